The Morgan fingerprint density at radius 3 is 2.21 bits per heavy atom. The lowest BCUT2D eigenvalue weighted by Crippen LogP contribution is -2.26. The van der Waals surface area contributed by atoms with Crippen molar-refractivity contribution in [1.29, 1.82) is 0 Å². The van der Waals surface area contributed by atoms with Crippen molar-refractivity contribution in [3.63, 3.8) is 0 Å². The molecule has 0 aliphatic carbocycles. The molecule has 0 N–H and O–H groups in total. The van der Waals surface area contributed by atoms with E-state index < -0.39 is 0 Å². The van der Waals surface area contributed by atoms with Crippen LogP contribution in [0.4, 0.5) is 0 Å². The highest BCUT2D eigenvalue weighted by Crippen LogP contribution is 2.36. The maximum Gasteiger partial charge on any atom is 0.100 e. The summed E-state index contributed by atoms with van der Waals surface area (Å²) in [5.41, 5.74) is 6.66. The zero-order valence-electron chi connectivity index (χ0n) is 14.3. The Labute approximate surface area is 144 Å². The van der Waals surface area contributed by atoms with Gasteiger partial charge in [0.1, 0.15) is 6.61 Å². The average molecular weight is 317 g/mol. The second-order valence-corrected chi connectivity index (χ2v) is 5.92. The van der Waals surface area contributed by atoms with E-state index in [1.165, 1.54) is 11.1 Å². The predicted molar refractivity (Wildman–Crippen MR) is 99.6 cm³/mol. The lowest BCUT2D eigenvalue weighted by atomic mass is 9.97. The molecule has 0 unspecified atom stereocenters. The summed E-state index contributed by atoms with van der Waals surface area (Å²) < 4.78 is 0. The van der Waals surface area contributed by atoms with Crippen LogP contribution in [0.15, 0.2) is 90.2 Å². The van der Waals surface area contributed by atoms with Gasteiger partial charge >= 0.3 is 0 Å². The van der Waals surface area contributed by atoms with E-state index in [0.29, 0.717) is 6.61 Å². The quantitative estimate of drug-likeness (QED) is 0.700. The molecule has 0 saturated heterocycles. The van der Waals surface area contributed by atoms with Gasteiger partial charge in [-0.2, -0.15) is 0 Å². The van der Waals surface area contributed by atoms with Gasteiger partial charge in [-0.3, -0.25) is 4.84 Å². The van der Waals surface area contributed by atoms with Gasteiger partial charge in [0.05, 0.1) is 11.4 Å². The summed E-state index contributed by atoms with van der Waals surface area (Å²) in [6, 6.07) is 20.6. The molecule has 1 aliphatic rings. The minimum absolute atomic E-state index is 0.514. The standard InChI is InChI=1S/C22H23NO/c1-4-20-15-17(2)22(21-13-9-6-10-14-21)23(18(20)3)24-16-19-11-7-5-8-12-19/h5-15H,3-4,16H2,1-2H3. The minimum atomic E-state index is 0.514. The Hall–Kier alpha value is -2.58. The van der Waals surface area contributed by atoms with E-state index in [0.717, 1.165) is 28.9 Å². The van der Waals surface area contributed by atoms with Gasteiger partial charge in [0.15, 0.2) is 0 Å². The van der Waals surface area contributed by atoms with Gasteiger partial charge < -0.3 is 0 Å². The molecule has 2 aromatic carbocycles. The summed E-state index contributed by atoms with van der Waals surface area (Å²) in [7, 11) is 0. The first-order valence-electron chi connectivity index (χ1n) is 8.33. The molecular formula is C22H23NO. The third-order valence-electron chi connectivity index (χ3n) is 4.21. The summed E-state index contributed by atoms with van der Waals surface area (Å²) in [5.74, 6) is 0. The normalized spacial score (nSPS) is 14.8. The number of hydrogen-bond acceptors (Lipinski definition) is 2. The Bertz CT molecular complexity index is 772. The van der Waals surface area contributed by atoms with Crippen molar-refractivity contribution in [2.75, 3.05) is 0 Å². The Balaban J connectivity index is 1.94. The van der Waals surface area contributed by atoms with Gasteiger partial charge in [-0.05, 0) is 30.1 Å². The van der Waals surface area contributed by atoms with Gasteiger partial charge in [0.25, 0.3) is 0 Å². The van der Waals surface area contributed by atoms with E-state index >= 15 is 0 Å². The van der Waals surface area contributed by atoms with Crippen LogP contribution < -0.4 is 0 Å². The van der Waals surface area contributed by atoms with Crippen LogP contribution in [0.2, 0.25) is 0 Å². The summed E-state index contributed by atoms with van der Waals surface area (Å²) in [6.45, 7) is 9.06. The van der Waals surface area contributed by atoms with E-state index in [9.17, 15) is 0 Å². The Kier molecular flexibility index (Phi) is 4.97. The van der Waals surface area contributed by atoms with Crippen molar-refractivity contribution in [3.8, 4) is 0 Å². The highest BCUT2D eigenvalue weighted by Gasteiger charge is 2.24. The molecule has 0 aromatic heterocycles. The number of hydrogen-bond donors (Lipinski definition) is 0. The zero-order chi connectivity index (χ0) is 16.9. The summed E-state index contributed by atoms with van der Waals surface area (Å²) in [4.78, 5) is 6.19. The lowest BCUT2D eigenvalue weighted by molar-refractivity contribution is -0.0928. The van der Waals surface area contributed by atoms with Crippen molar-refractivity contribution in [1.82, 2.24) is 5.06 Å². The fourth-order valence-electron chi connectivity index (χ4n) is 2.94. The molecular weight excluding hydrogens is 294 g/mol. The average Bonchev–Trinajstić information content (AvgIpc) is 2.63. The van der Waals surface area contributed by atoms with Crippen LogP contribution in [0.3, 0.4) is 0 Å². The molecule has 0 fully saturated rings. The van der Waals surface area contributed by atoms with Crippen molar-refractivity contribution in [3.05, 3.63) is 101 Å². The van der Waals surface area contributed by atoms with E-state index in [2.05, 4.69) is 50.8 Å². The third kappa shape index (κ3) is 3.34. The largest absolute Gasteiger partial charge is 0.264 e. The molecule has 0 atom stereocenters. The molecule has 0 radical (unpaired) electrons. The SMILES string of the molecule is C=C1C(CC)=CC(C)=C(c2ccccc2)N1OCc1ccccc1. The predicted octanol–water partition coefficient (Wildman–Crippen LogP) is 5.72. The molecule has 0 bridgehead atoms. The topological polar surface area (TPSA) is 12.5 Å². The van der Waals surface area contributed by atoms with E-state index in [-0.39, 0.29) is 0 Å². The molecule has 1 heterocycles. The van der Waals surface area contributed by atoms with Crippen molar-refractivity contribution in [2.24, 2.45) is 0 Å². The highest BCUT2D eigenvalue weighted by atomic mass is 16.7. The van der Waals surface area contributed by atoms with E-state index in [4.69, 9.17) is 4.84 Å². The molecule has 122 valence electrons. The Morgan fingerprint density at radius 2 is 1.58 bits per heavy atom. The third-order valence-corrected chi connectivity index (χ3v) is 4.21. The second kappa shape index (κ2) is 7.33. The molecule has 2 nitrogen and oxygen atoms in total. The lowest BCUT2D eigenvalue weighted by Gasteiger charge is -2.33. The Morgan fingerprint density at radius 1 is 0.958 bits per heavy atom. The maximum absolute atomic E-state index is 6.19. The van der Waals surface area contributed by atoms with Gasteiger partial charge in [0.2, 0.25) is 0 Å². The van der Waals surface area contributed by atoms with E-state index in [1.54, 1.807) is 0 Å². The van der Waals surface area contributed by atoms with Crippen LogP contribution in [-0.2, 0) is 11.4 Å². The van der Waals surface area contributed by atoms with Gasteiger partial charge in [0, 0.05) is 5.56 Å². The maximum atomic E-state index is 6.19. The number of allylic oxidation sites excluding steroid dienone is 3. The molecule has 0 saturated carbocycles. The van der Waals surface area contributed by atoms with Crippen LogP contribution in [0.1, 0.15) is 31.4 Å². The first-order chi connectivity index (χ1) is 11.7. The van der Waals surface area contributed by atoms with Crippen LogP contribution in [0.25, 0.3) is 5.70 Å². The van der Waals surface area contributed by atoms with E-state index in [1.807, 2.05) is 41.5 Å². The van der Waals surface area contributed by atoms with Crippen LogP contribution in [-0.4, -0.2) is 5.06 Å². The summed E-state index contributed by atoms with van der Waals surface area (Å²) in [6.07, 6.45) is 3.15. The molecule has 2 heteroatoms. The molecule has 3 rings (SSSR count). The second-order valence-electron chi connectivity index (χ2n) is 5.92. The molecule has 1 aliphatic heterocycles. The fraction of sp³-hybridized carbons (Fsp3) is 0.182. The number of rotatable bonds is 5. The van der Waals surface area contributed by atoms with Crippen LogP contribution in [0, 0.1) is 0 Å². The molecule has 0 amide bonds. The molecule has 0 spiro atoms. The van der Waals surface area contributed by atoms with Crippen molar-refractivity contribution in [2.45, 2.75) is 26.9 Å². The molecule has 2 aromatic rings. The van der Waals surface area contributed by atoms with Crippen LogP contribution >= 0.6 is 0 Å². The van der Waals surface area contributed by atoms with Gasteiger partial charge in [-0.15, -0.1) is 0 Å². The van der Waals surface area contributed by atoms with Crippen LogP contribution in [0.5, 0.6) is 0 Å². The fourth-order valence-corrected chi connectivity index (χ4v) is 2.94. The summed E-state index contributed by atoms with van der Waals surface area (Å²) >= 11 is 0. The first kappa shape index (κ1) is 16.3. The smallest absolute Gasteiger partial charge is 0.100 e. The van der Waals surface area contributed by atoms with Gasteiger partial charge in [-0.1, -0.05) is 80.2 Å². The number of benzene rings is 2. The monoisotopic (exact) mass is 317 g/mol. The number of nitrogens with zero attached hydrogens (tertiary/aromatic N) is 1. The highest BCUT2D eigenvalue weighted by molar-refractivity contribution is 5.73. The van der Waals surface area contributed by atoms with Crippen molar-refractivity contribution >= 4 is 5.70 Å². The van der Waals surface area contributed by atoms with Crippen molar-refractivity contribution < 1.29 is 4.84 Å². The summed E-state index contributed by atoms with van der Waals surface area (Å²) in [5, 5.41) is 1.90. The number of hydroxylamine groups is 2. The zero-order valence-corrected chi connectivity index (χ0v) is 14.3. The molecule has 24 heavy (non-hydrogen) atoms. The minimum Gasteiger partial charge on any atom is -0.264 e. The first-order valence-corrected chi connectivity index (χ1v) is 8.33. The van der Waals surface area contributed by atoms with Gasteiger partial charge in [-0.25, -0.2) is 5.06 Å².